The van der Waals surface area contributed by atoms with Crippen molar-refractivity contribution in [3.8, 4) is 0 Å². The number of nitrogens with one attached hydrogen (secondary N) is 1. The summed E-state index contributed by atoms with van der Waals surface area (Å²) in [6.45, 7) is 6.82. The molecule has 3 nitrogen and oxygen atoms in total. The van der Waals surface area contributed by atoms with Gasteiger partial charge in [-0.05, 0) is 17.7 Å². The molecule has 0 amide bonds. The third kappa shape index (κ3) is 4.26. The Labute approximate surface area is 139 Å². The van der Waals surface area contributed by atoms with Gasteiger partial charge in [0.15, 0.2) is 0 Å². The summed E-state index contributed by atoms with van der Waals surface area (Å²) in [7, 11) is 0. The zero-order chi connectivity index (χ0) is 16.3. The Hall–Kier alpha value is -1.01. The van der Waals surface area contributed by atoms with E-state index in [1.165, 1.54) is 12.1 Å². The SMILES string of the molecule is CC(C)(C)c1ncc(CNC(CO)c2ccc(Cl)c(F)c2)s1. The zero-order valence-corrected chi connectivity index (χ0v) is 14.4. The summed E-state index contributed by atoms with van der Waals surface area (Å²) in [5, 5.41) is 13.9. The van der Waals surface area contributed by atoms with Crippen LogP contribution < -0.4 is 5.32 Å². The van der Waals surface area contributed by atoms with E-state index in [1.807, 2.05) is 6.20 Å². The van der Waals surface area contributed by atoms with Gasteiger partial charge in [-0.2, -0.15) is 0 Å². The number of benzene rings is 1. The first-order chi connectivity index (χ1) is 10.3. The van der Waals surface area contributed by atoms with Crippen molar-refractivity contribution < 1.29 is 9.50 Å². The molecule has 2 rings (SSSR count). The fourth-order valence-electron chi connectivity index (χ4n) is 1.98. The van der Waals surface area contributed by atoms with Crippen LogP contribution in [-0.2, 0) is 12.0 Å². The number of halogens is 2. The van der Waals surface area contributed by atoms with Crippen molar-refractivity contribution in [2.75, 3.05) is 6.61 Å². The van der Waals surface area contributed by atoms with Crippen LogP contribution in [0, 0.1) is 5.82 Å². The van der Waals surface area contributed by atoms with E-state index < -0.39 is 5.82 Å². The monoisotopic (exact) mass is 342 g/mol. The van der Waals surface area contributed by atoms with Crippen LogP contribution in [-0.4, -0.2) is 16.7 Å². The zero-order valence-electron chi connectivity index (χ0n) is 12.9. The van der Waals surface area contributed by atoms with Gasteiger partial charge in [0.2, 0.25) is 0 Å². The van der Waals surface area contributed by atoms with Gasteiger partial charge in [-0.15, -0.1) is 11.3 Å². The van der Waals surface area contributed by atoms with Crippen molar-refractivity contribution in [1.29, 1.82) is 0 Å². The molecule has 0 radical (unpaired) electrons. The van der Waals surface area contributed by atoms with Crippen LogP contribution in [0.5, 0.6) is 0 Å². The molecule has 120 valence electrons. The van der Waals surface area contributed by atoms with Crippen molar-refractivity contribution >= 4 is 22.9 Å². The molecule has 0 aliphatic heterocycles. The van der Waals surface area contributed by atoms with Gasteiger partial charge >= 0.3 is 0 Å². The maximum absolute atomic E-state index is 13.5. The number of hydrogen-bond donors (Lipinski definition) is 2. The number of aromatic nitrogens is 1. The summed E-state index contributed by atoms with van der Waals surface area (Å²) in [6.07, 6.45) is 1.84. The predicted octanol–water partition coefficient (Wildman–Crippen LogP) is 4.06. The molecule has 1 heterocycles. The molecule has 6 heteroatoms. The average Bonchev–Trinajstić information content (AvgIpc) is 2.92. The summed E-state index contributed by atoms with van der Waals surface area (Å²) in [5.41, 5.74) is 0.698. The van der Waals surface area contributed by atoms with E-state index in [-0.39, 0.29) is 23.1 Å². The first-order valence-corrected chi connectivity index (χ1v) is 8.25. The maximum atomic E-state index is 13.5. The number of nitrogens with zero attached hydrogens (tertiary/aromatic N) is 1. The van der Waals surface area contributed by atoms with Gasteiger partial charge in [-0.25, -0.2) is 9.37 Å². The summed E-state index contributed by atoms with van der Waals surface area (Å²) in [6, 6.07) is 4.23. The van der Waals surface area contributed by atoms with E-state index in [2.05, 4.69) is 31.1 Å². The van der Waals surface area contributed by atoms with E-state index in [0.717, 1.165) is 9.88 Å². The Kier molecular flexibility index (Phi) is 5.55. The molecule has 1 aromatic carbocycles. The first-order valence-electron chi connectivity index (χ1n) is 7.05. The minimum atomic E-state index is -0.479. The first kappa shape index (κ1) is 17.3. The molecule has 2 aromatic rings. The number of hydrogen-bond acceptors (Lipinski definition) is 4. The van der Waals surface area contributed by atoms with Crippen LogP contribution in [0.3, 0.4) is 0 Å². The Morgan fingerprint density at radius 3 is 2.68 bits per heavy atom. The van der Waals surface area contributed by atoms with Gasteiger partial charge in [0.05, 0.1) is 22.7 Å². The Bertz CT molecular complexity index is 639. The molecule has 0 aliphatic rings. The van der Waals surface area contributed by atoms with Gasteiger partial charge in [-0.3, -0.25) is 0 Å². The minimum Gasteiger partial charge on any atom is -0.394 e. The highest BCUT2D eigenvalue weighted by atomic mass is 35.5. The minimum absolute atomic E-state index is 0.0264. The molecule has 1 unspecified atom stereocenters. The molecule has 22 heavy (non-hydrogen) atoms. The summed E-state index contributed by atoms with van der Waals surface area (Å²) in [4.78, 5) is 5.51. The lowest BCUT2D eigenvalue weighted by Crippen LogP contribution is -2.23. The van der Waals surface area contributed by atoms with E-state index in [1.54, 1.807) is 17.4 Å². The van der Waals surface area contributed by atoms with E-state index in [4.69, 9.17) is 11.6 Å². The molecule has 0 saturated heterocycles. The van der Waals surface area contributed by atoms with Gasteiger partial charge in [-0.1, -0.05) is 38.4 Å². The standard InChI is InChI=1S/C16H20ClFN2OS/c1-16(2,3)15-20-8-11(22-15)7-19-14(9-21)10-4-5-12(17)13(18)6-10/h4-6,8,14,19,21H,7,9H2,1-3H3. The Morgan fingerprint density at radius 2 is 2.14 bits per heavy atom. The second-order valence-corrected chi connectivity index (χ2v) is 7.69. The maximum Gasteiger partial charge on any atom is 0.142 e. The number of aliphatic hydroxyl groups excluding tert-OH is 1. The van der Waals surface area contributed by atoms with Crippen molar-refractivity contribution in [2.24, 2.45) is 0 Å². The van der Waals surface area contributed by atoms with E-state index in [0.29, 0.717) is 12.1 Å². The third-order valence-corrected chi connectivity index (χ3v) is 4.98. The highest BCUT2D eigenvalue weighted by Gasteiger charge is 2.18. The van der Waals surface area contributed by atoms with Gasteiger partial charge < -0.3 is 10.4 Å². The topological polar surface area (TPSA) is 45.2 Å². The van der Waals surface area contributed by atoms with E-state index in [9.17, 15) is 9.50 Å². The highest BCUT2D eigenvalue weighted by molar-refractivity contribution is 7.11. The van der Waals surface area contributed by atoms with Crippen LogP contribution in [0.1, 0.15) is 42.3 Å². The molecule has 1 aromatic heterocycles. The largest absolute Gasteiger partial charge is 0.394 e. The lowest BCUT2D eigenvalue weighted by Gasteiger charge is -2.16. The lowest BCUT2D eigenvalue weighted by molar-refractivity contribution is 0.243. The Balaban J connectivity index is 2.04. The molecular formula is C16H20ClFN2OS. The summed E-state index contributed by atoms with van der Waals surface area (Å²) >= 11 is 7.33. The number of rotatable bonds is 5. The second kappa shape index (κ2) is 7.04. The van der Waals surface area contributed by atoms with Crippen LogP contribution in [0.15, 0.2) is 24.4 Å². The van der Waals surface area contributed by atoms with Crippen molar-refractivity contribution in [1.82, 2.24) is 10.3 Å². The van der Waals surface area contributed by atoms with Gasteiger partial charge in [0.1, 0.15) is 5.82 Å². The van der Waals surface area contributed by atoms with E-state index >= 15 is 0 Å². The molecule has 2 N–H and O–H groups in total. The summed E-state index contributed by atoms with van der Waals surface area (Å²) < 4.78 is 13.5. The van der Waals surface area contributed by atoms with Crippen LogP contribution >= 0.6 is 22.9 Å². The summed E-state index contributed by atoms with van der Waals surface area (Å²) in [5.74, 6) is -0.479. The van der Waals surface area contributed by atoms with Crippen LogP contribution in [0.4, 0.5) is 4.39 Å². The average molecular weight is 343 g/mol. The predicted molar refractivity (Wildman–Crippen MR) is 88.9 cm³/mol. The third-order valence-electron chi connectivity index (χ3n) is 3.25. The van der Waals surface area contributed by atoms with Crippen LogP contribution in [0.2, 0.25) is 5.02 Å². The van der Waals surface area contributed by atoms with Crippen molar-refractivity contribution in [3.05, 3.63) is 50.7 Å². The second-order valence-electron chi connectivity index (χ2n) is 6.17. The molecule has 1 atom stereocenters. The van der Waals surface area contributed by atoms with Gasteiger partial charge in [0.25, 0.3) is 0 Å². The molecule has 0 aliphatic carbocycles. The molecule has 0 saturated carbocycles. The number of thiazole rings is 1. The fraction of sp³-hybridized carbons (Fsp3) is 0.438. The van der Waals surface area contributed by atoms with Gasteiger partial charge in [0, 0.05) is 23.0 Å². The van der Waals surface area contributed by atoms with Crippen LogP contribution in [0.25, 0.3) is 0 Å². The normalized spacial score (nSPS) is 13.4. The fourth-order valence-corrected chi connectivity index (χ4v) is 3.02. The number of aliphatic hydroxyl groups is 1. The lowest BCUT2D eigenvalue weighted by atomic mass is 9.98. The Morgan fingerprint density at radius 1 is 1.41 bits per heavy atom. The van der Waals surface area contributed by atoms with Crippen molar-refractivity contribution in [2.45, 2.75) is 38.8 Å². The molecular weight excluding hydrogens is 323 g/mol. The molecule has 0 bridgehead atoms. The van der Waals surface area contributed by atoms with Crippen molar-refractivity contribution in [3.63, 3.8) is 0 Å². The highest BCUT2D eigenvalue weighted by Crippen LogP contribution is 2.27. The molecule has 0 spiro atoms. The molecule has 0 fully saturated rings. The quantitative estimate of drug-likeness (QED) is 0.861. The smallest absolute Gasteiger partial charge is 0.142 e.